The number of ether oxygens (including phenoxy) is 1. The van der Waals surface area contributed by atoms with Crippen LogP contribution < -0.4 is 4.74 Å². The molecule has 10 rings (SSSR count). The number of allylic oxidation sites excluding steroid dienone is 1. The smallest absolute Gasteiger partial charge is 0.453 e. The fourth-order valence-electron chi connectivity index (χ4n) is 13.9. The van der Waals surface area contributed by atoms with Gasteiger partial charge in [-0.25, -0.2) is 9.67 Å². The van der Waals surface area contributed by atoms with Gasteiger partial charge in [-0.2, -0.15) is 37.6 Å². The standard InChI is InChI=1S/C32H47F5O3S.C26H28ClNO.C17H11N5/c1-30-17-15-26-25-12-11-24(38)21-23(25)20-22(29(26)27(30)13-14-28(30)39)10-7-5-3-2-4-6-8-18-41(40)19-9-16-31(33,34)32(35,36)37;1-28(2)19-20-29-24-15-13-23(14-16-24)26(22-11-7-4-8-12-22)25(17-18-27)21-9-5-3-6-10-21;18-9-13-1-5-15(6-2-13)17(22-12-20-11-21-22)16-7-3-14(10-19)4-8-16/h11-12,21-22,26-29,38-39H,2-10,13-20H2,1H3;3-16H,17-20H2,1-2H3;1-8,11-12,17H/b;26-25-;/t22-,26-,27+,28+,29-,30+,41?;;/m1../s1. The maximum absolute atomic E-state index is 13.0. The number of hydrogen-bond donors (Lipinski definition) is 2. The molecule has 0 aliphatic heterocycles. The second kappa shape index (κ2) is 34.2. The van der Waals surface area contributed by atoms with E-state index in [2.05, 4.69) is 113 Å². The fraction of sp³-hybridized carbons (Fsp3) is 0.440. The van der Waals surface area contributed by atoms with Crippen LogP contribution in [0.2, 0.25) is 0 Å². The third-order valence-corrected chi connectivity index (χ3v) is 20.4. The monoisotopic (exact) mass is 1300 g/mol. The summed E-state index contributed by atoms with van der Waals surface area (Å²) in [6, 6.07) is 54.2. The van der Waals surface area contributed by atoms with Crippen molar-refractivity contribution in [2.24, 2.45) is 23.2 Å². The van der Waals surface area contributed by atoms with Crippen molar-refractivity contribution in [3.05, 3.63) is 214 Å². The number of hydrogen-bond acceptors (Lipinski definition) is 9. The van der Waals surface area contributed by atoms with Gasteiger partial charge in [0.1, 0.15) is 48.3 Å². The molecule has 1 unspecified atom stereocenters. The van der Waals surface area contributed by atoms with E-state index in [1.54, 1.807) is 35.3 Å². The summed E-state index contributed by atoms with van der Waals surface area (Å²) in [6.07, 6.45) is 9.92. The van der Waals surface area contributed by atoms with Crippen LogP contribution in [0, 0.1) is 45.8 Å². The fourth-order valence-corrected chi connectivity index (χ4v) is 15.3. The summed E-state index contributed by atoms with van der Waals surface area (Å²) in [5.41, 5.74) is 12.0. The van der Waals surface area contributed by atoms with E-state index in [1.165, 1.54) is 45.3 Å². The lowest BCUT2D eigenvalue weighted by molar-refractivity contribution is -0.284. The van der Waals surface area contributed by atoms with Gasteiger partial charge in [0.15, 0.2) is 0 Å². The number of unbranched alkanes of at least 4 members (excludes halogenated alkanes) is 6. The van der Waals surface area contributed by atoms with Crippen LogP contribution in [0.1, 0.15) is 165 Å². The Labute approximate surface area is 548 Å². The zero-order valence-corrected chi connectivity index (χ0v) is 54.5. The number of aromatic hydroxyl groups is 1. The van der Waals surface area contributed by atoms with E-state index in [0.717, 1.165) is 107 Å². The van der Waals surface area contributed by atoms with Gasteiger partial charge in [-0.1, -0.05) is 153 Å². The van der Waals surface area contributed by atoms with E-state index in [4.69, 9.17) is 26.9 Å². The lowest BCUT2D eigenvalue weighted by Crippen LogP contribution is -2.47. The summed E-state index contributed by atoms with van der Waals surface area (Å²) in [6.45, 7) is 3.87. The Kier molecular flexibility index (Phi) is 26.3. The van der Waals surface area contributed by atoms with Crippen molar-refractivity contribution >= 4 is 33.9 Å². The number of aromatic nitrogens is 3. The van der Waals surface area contributed by atoms with Gasteiger partial charge in [-0.05, 0) is 206 Å². The molecule has 0 amide bonds. The molecule has 0 radical (unpaired) electrons. The van der Waals surface area contributed by atoms with E-state index in [1.807, 2.05) is 62.6 Å². The van der Waals surface area contributed by atoms with E-state index in [0.29, 0.717) is 65.2 Å². The normalized spacial score (nSPS) is 19.8. The number of fused-ring (bicyclic) bond motifs is 5. The molecule has 0 bridgehead atoms. The Morgan fingerprint density at radius 2 is 1.35 bits per heavy atom. The van der Waals surface area contributed by atoms with Crippen LogP contribution in [0.4, 0.5) is 22.0 Å². The zero-order chi connectivity index (χ0) is 65.7. The predicted molar refractivity (Wildman–Crippen MR) is 357 cm³/mol. The zero-order valence-electron chi connectivity index (χ0n) is 53.0. The molecule has 488 valence electrons. The summed E-state index contributed by atoms with van der Waals surface area (Å²) in [4.78, 5) is 6.12. The van der Waals surface area contributed by atoms with Gasteiger partial charge in [0.05, 0.1) is 29.4 Å². The number of nitrogens with zero attached hydrogens (tertiary/aromatic N) is 6. The first-order valence-corrected chi connectivity index (χ1v) is 34.3. The molecular weight excluding hydrogens is 1210 g/mol. The largest absolute Gasteiger partial charge is 0.616 e. The molecule has 0 spiro atoms. The number of aliphatic hydroxyl groups is 1. The number of phenols is 1. The number of phenolic OH excluding ortho intramolecular Hbond substituents is 1. The summed E-state index contributed by atoms with van der Waals surface area (Å²) in [5.74, 6) is -0.448. The van der Waals surface area contributed by atoms with Crippen molar-refractivity contribution < 1.29 is 41.5 Å². The van der Waals surface area contributed by atoms with Crippen LogP contribution in [0.25, 0.3) is 11.1 Å². The molecule has 1 heterocycles. The van der Waals surface area contributed by atoms with Crippen molar-refractivity contribution in [2.45, 2.75) is 140 Å². The second-order valence-corrected chi connectivity index (χ2v) is 27.2. The number of alkyl halides is 6. The van der Waals surface area contributed by atoms with Crippen molar-refractivity contribution in [3.63, 3.8) is 0 Å². The first-order chi connectivity index (χ1) is 44.3. The van der Waals surface area contributed by atoms with E-state index in [9.17, 15) is 36.7 Å². The minimum atomic E-state index is -5.54. The molecule has 6 aromatic carbocycles. The van der Waals surface area contributed by atoms with E-state index in [-0.39, 0.29) is 23.3 Å². The Morgan fingerprint density at radius 3 is 1.92 bits per heavy atom. The highest BCUT2D eigenvalue weighted by Crippen LogP contribution is 2.63. The topological polar surface area (TPSA) is 154 Å². The maximum Gasteiger partial charge on any atom is 0.453 e. The van der Waals surface area contributed by atoms with E-state index < -0.39 is 36.1 Å². The van der Waals surface area contributed by atoms with Gasteiger partial charge in [0.2, 0.25) is 0 Å². The van der Waals surface area contributed by atoms with Gasteiger partial charge in [-0.3, -0.25) is 0 Å². The van der Waals surface area contributed by atoms with Gasteiger partial charge in [-0.15, -0.1) is 11.6 Å². The van der Waals surface area contributed by atoms with Gasteiger partial charge >= 0.3 is 12.1 Å². The van der Waals surface area contributed by atoms with Gasteiger partial charge in [0, 0.05) is 18.8 Å². The third-order valence-electron chi connectivity index (χ3n) is 18.8. The molecular formula is C75H86ClF5N6O4S. The summed E-state index contributed by atoms with van der Waals surface area (Å²) in [5, 5.41) is 43.0. The van der Waals surface area contributed by atoms with E-state index >= 15 is 0 Å². The summed E-state index contributed by atoms with van der Waals surface area (Å²) >= 11 is 4.86. The van der Waals surface area contributed by atoms with Crippen LogP contribution in [-0.4, -0.2) is 97.3 Å². The van der Waals surface area contributed by atoms with Crippen LogP contribution in [0.5, 0.6) is 11.5 Å². The molecule has 92 heavy (non-hydrogen) atoms. The molecule has 2 N–H and O–H groups in total. The highest BCUT2D eigenvalue weighted by Gasteiger charge is 2.57. The SMILES string of the molecule is CN(C)CCOc1ccc(/C(=C(/CCCl)c2ccccc2)c2ccccc2)cc1.C[C@]12CC[C@@H]3c4ccc(O)cc4C[C@@H](CCCCCCCCC[S+]([O-])CCCC(F)(F)C(F)(F)F)[C@H]3[C@@H]1CC[C@@H]2O.N#Cc1ccc(C(c2ccc(C#N)cc2)n2cncn2)cc1. The third kappa shape index (κ3) is 19.1. The lowest BCUT2D eigenvalue weighted by atomic mass is 9.52. The highest BCUT2D eigenvalue weighted by molar-refractivity contribution is 7.91. The van der Waals surface area contributed by atoms with Crippen LogP contribution in [0.15, 0.2) is 164 Å². The Balaban J connectivity index is 0.000000187. The number of aliphatic hydroxyl groups excluding tert-OH is 1. The second-order valence-electron chi connectivity index (χ2n) is 25.1. The molecule has 17 heteroatoms. The molecule has 0 saturated heterocycles. The Morgan fingerprint density at radius 1 is 0.761 bits per heavy atom. The summed E-state index contributed by atoms with van der Waals surface area (Å²) in [7, 11) is 4.09. The van der Waals surface area contributed by atoms with Crippen LogP contribution in [-0.2, 0) is 17.6 Å². The van der Waals surface area contributed by atoms with Gasteiger partial charge < -0.3 is 24.4 Å². The molecule has 3 aliphatic carbocycles. The number of benzene rings is 6. The first kappa shape index (κ1) is 70.8. The molecule has 7 atom stereocenters. The van der Waals surface area contributed by atoms with Crippen molar-refractivity contribution in [2.75, 3.05) is 44.6 Å². The predicted octanol–water partition coefficient (Wildman–Crippen LogP) is 17.6. The van der Waals surface area contributed by atoms with Crippen LogP contribution in [0.3, 0.4) is 0 Å². The highest BCUT2D eigenvalue weighted by atomic mass is 35.5. The van der Waals surface area contributed by atoms with Gasteiger partial charge in [0.25, 0.3) is 0 Å². The molecule has 2 fully saturated rings. The number of halogens is 6. The molecule has 7 aromatic rings. The van der Waals surface area contributed by atoms with Crippen LogP contribution >= 0.6 is 11.6 Å². The number of likely N-dealkylation sites (N-methyl/N-ethyl adjacent to an activating group) is 1. The number of rotatable bonds is 26. The molecule has 10 nitrogen and oxygen atoms in total. The van der Waals surface area contributed by atoms with Crippen molar-refractivity contribution in [3.8, 4) is 23.6 Å². The lowest BCUT2D eigenvalue weighted by Gasteiger charge is -2.53. The average Bonchev–Trinajstić information content (AvgIpc) is 1.41. The quantitative estimate of drug-likeness (QED) is 0.0177. The molecule has 2 saturated carbocycles. The first-order valence-electron chi connectivity index (χ1n) is 32.3. The number of nitriles is 2. The van der Waals surface area contributed by atoms with Crippen molar-refractivity contribution in [1.82, 2.24) is 19.7 Å². The summed E-state index contributed by atoms with van der Waals surface area (Å²) < 4.78 is 82.1. The minimum absolute atomic E-state index is 0.0195. The molecule has 1 aromatic heterocycles. The minimum Gasteiger partial charge on any atom is -0.616 e. The Bertz CT molecular complexity index is 3420. The van der Waals surface area contributed by atoms with Crippen molar-refractivity contribution in [1.29, 1.82) is 10.5 Å². The Hall–Kier alpha value is -7.05. The molecule has 3 aliphatic rings. The average molecular weight is 1300 g/mol. The maximum atomic E-state index is 13.0.